The Morgan fingerprint density at radius 3 is 1.62 bits per heavy atom. The molecule has 47 heavy (non-hydrogen) atoms. The van der Waals surface area contributed by atoms with Crippen molar-refractivity contribution < 1.29 is 13.5 Å². The number of halogens is 2. The van der Waals surface area contributed by atoms with E-state index in [-0.39, 0.29) is 16.7 Å². The number of benzene rings is 1. The molecule has 0 bridgehead atoms. The van der Waals surface area contributed by atoms with Crippen LogP contribution in [0.5, 0.6) is 5.75 Å². The number of aromatic nitrogens is 2. The van der Waals surface area contributed by atoms with Gasteiger partial charge in [-0.2, -0.15) is 8.75 Å². The zero-order chi connectivity index (χ0) is 34.5. The second-order valence-electron chi connectivity index (χ2n) is 15.0. The first-order valence-electron chi connectivity index (χ1n) is 17.7. The lowest BCUT2D eigenvalue weighted by Gasteiger charge is -2.39. The van der Waals surface area contributed by atoms with Crippen LogP contribution in [0.25, 0.3) is 20.8 Å². The third kappa shape index (κ3) is 9.42. The second-order valence-corrected chi connectivity index (χ2v) is 18.1. The molecule has 0 aliphatic carbocycles. The van der Waals surface area contributed by atoms with Crippen molar-refractivity contribution in [2.75, 3.05) is 0 Å². The van der Waals surface area contributed by atoms with Gasteiger partial charge in [-0.25, -0.2) is 8.78 Å². The van der Waals surface area contributed by atoms with E-state index < -0.39 is 11.6 Å². The number of nitrogens with zero attached hydrogens (tertiary/aromatic N) is 2. The van der Waals surface area contributed by atoms with Crippen molar-refractivity contribution in [2.24, 2.45) is 23.7 Å². The van der Waals surface area contributed by atoms with Gasteiger partial charge in [0.1, 0.15) is 22.4 Å². The highest BCUT2D eigenvalue weighted by molar-refractivity contribution is 7.22. The van der Waals surface area contributed by atoms with E-state index in [4.69, 9.17) is 4.74 Å². The molecule has 8 heteroatoms. The van der Waals surface area contributed by atoms with Crippen molar-refractivity contribution in [1.29, 1.82) is 0 Å². The van der Waals surface area contributed by atoms with Crippen LogP contribution in [-0.4, -0.2) is 8.75 Å². The summed E-state index contributed by atoms with van der Waals surface area (Å²) in [6.45, 7) is 21.8. The summed E-state index contributed by atoms with van der Waals surface area (Å²) in [5.74, 6) is 2.66. The minimum absolute atomic E-state index is 0.154. The van der Waals surface area contributed by atoms with Gasteiger partial charge in [-0.15, -0.1) is 22.7 Å². The third-order valence-electron chi connectivity index (χ3n) is 9.77. The zero-order valence-corrected chi connectivity index (χ0v) is 32.8. The van der Waals surface area contributed by atoms with E-state index in [9.17, 15) is 8.78 Å². The van der Waals surface area contributed by atoms with Gasteiger partial charge in [0, 0.05) is 26.4 Å². The predicted molar refractivity (Wildman–Crippen MR) is 200 cm³/mol. The van der Waals surface area contributed by atoms with Gasteiger partial charge in [-0.3, -0.25) is 0 Å². The van der Waals surface area contributed by atoms with Crippen LogP contribution < -0.4 is 4.74 Å². The van der Waals surface area contributed by atoms with Crippen molar-refractivity contribution in [3.63, 3.8) is 0 Å². The van der Waals surface area contributed by atoms with Crippen LogP contribution in [0.3, 0.4) is 0 Å². The summed E-state index contributed by atoms with van der Waals surface area (Å²) >= 11 is 4.86. The summed E-state index contributed by atoms with van der Waals surface area (Å²) < 4.78 is 41.2. The normalized spacial score (nSPS) is 17.0. The summed E-state index contributed by atoms with van der Waals surface area (Å²) in [4.78, 5) is 5.65. The second kappa shape index (κ2) is 16.7. The molecular formula is C39H56F2N2OS3. The van der Waals surface area contributed by atoms with Crippen LogP contribution in [0.1, 0.15) is 132 Å². The molecule has 3 nitrogen and oxygen atoms in total. The SMILES string of the molecule is Cc1c(F)c(F)c(C)c2nsnc12.Cc1cc2c(s1)-c1sc(C)cc1C(CCC(C)CCCC(C)C)(CCC(C)CCCC(C)C)O2. The van der Waals surface area contributed by atoms with E-state index in [1.807, 2.05) is 22.7 Å². The van der Waals surface area contributed by atoms with E-state index >= 15 is 0 Å². The molecule has 260 valence electrons. The van der Waals surface area contributed by atoms with Crippen molar-refractivity contribution in [2.45, 2.75) is 139 Å². The molecule has 1 aromatic carbocycles. The van der Waals surface area contributed by atoms with Gasteiger partial charge in [-0.1, -0.05) is 80.1 Å². The molecule has 4 heterocycles. The van der Waals surface area contributed by atoms with Crippen LogP contribution in [0.2, 0.25) is 0 Å². The van der Waals surface area contributed by atoms with Crippen LogP contribution in [0.15, 0.2) is 12.1 Å². The van der Waals surface area contributed by atoms with Crippen LogP contribution in [0, 0.1) is 63.0 Å². The molecule has 5 rings (SSSR count). The molecule has 1 aliphatic heterocycles. The van der Waals surface area contributed by atoms with Crippen LogP contribution >= 0.6 is 34.4 Å². The topological polar surface area (TPSA) is 35.0 Å². The van der Waals surface area contributed by atoms with E-state index in [1.165, 1.54) is 90.3 Å². The molecular weight excluding hydrogens is 647 g/mol. The van der Waals surface area contributed by atoms with E-state index in [1.54, 1.807) is 0 Å². The van der Waals surface area contributed by atoms with Gasteiger partial charge in [0.05, 0.1) is 21.5 Å². The number of aryl methyl sites for hydroxylation is 4. The van der Waals surface area contributed by atoms with Gasteiger partial charge >= 0.3 is 0 Å². The Labute approximate surface area is 294 Å². The molecule has 2 atom stereocenters. The lowest BCUT2D eigenvalue weighted by molar-refractivity contribution is 0.0323. The smallest absolute Gasteiger partial charge is 0.164 e. The summed E-state index contributed by atoms with van der Waals surface area (Å²) in [6, 6.07) is 4.76. The number of rotatable bonds is 14. The number of hydrogen-bond acceptors (Lipinski definition) is 6. The Hall–Kier alpha value is -1.90. The maximum atomic E-state index is 13.2. The standard InChI is InChI=1S/C31H50OS2.C8H6F2N2S/c1-21(2)11-9-13-23(5)15-17-31(18-16-24(6)14-10-12-22(3)4)27-19-25(7)33-29(27)30-28(32-31)20-26(8)34-30;1-3-5(9)6(10)4(2)8-7(3)11-13-12-8/h19-24H,9-18H2,1-8H3;1-2H3. The molecule has 3 aromatic heterocycles. The predicted octanol–water partition coefficient (Wildman–Crippen LogP) is 13.8. The fourth-order valence-corrected chi connectivity index (χ4v) is 9.56. The lowest BCUT2D eigenvalue weighted by Crippen LogP contribution is -2.36. The third-order valence-corrected chi connectivity index (χ3v) is 12.5. The molecule has 0 N–H and O–H groups in total. The highest BCUT2D eigenvalue weighted by Crippen LogP contribution is 2.55. The summed E-state index contributed by atoms with van der Waals surface area (Å²) in [6.07, 6.45) is 12.9. The molecule has 4 aromatic rings. The largest absolute Gasteiger partial charge is 0.481 e. The summed E-state index contributed by atoms with van der Waals surface area (Å²) in [7, 11) is 0. The Bertz CT molecular complexity index is 1540. The van der Waals surface area contributed by atoms with Crippen LogP contribution in [-0.2, 0) is 5.60 Å². The van der Waals surface area contributed by atoms with Crippen LogP contribution in [0.4, 0.5) is 8.78 Å². The first-order valence-corrected chi connectivity index (χ1v) is 20.1. The highest BCUT2D eigenvalue weighted by atomic mass is 32.1. The maximum Gasteiger partial charge on any atom is 0.164 e. The van der Waals surface area contributed by atoms with Gasteiger partial charge in [0.25, 0.3) is 0 Å². The van der Waals surface area contributed by atoms with E-state index in [2.05, 4.69) is 76.3 Å². The molecule has 1 aliphatic rings. The summed E-state index contributed by atoms with van der Waals surface area (Å²) in [5.41, 5.74) is 2.72. The van der Waals surface area contributed by atoms with Crippen molar-refractivity contribution in [1.82, 2.24) is 8.75 Å². The fraction of sp³-hybridized carbons (Fsp3) is 0.641. The quantitative estimate of drug-likeness (QED) is 0.131. The van der Waals surface area contributed by atoms with Crippen molar-refractivity contribution in [3.8, 4) is 15.5 Å². The van der Waals surface area contributed by atoms with Gasteiger partial charge in [0.15, 0.2) is 11.6 Å². The Morgan fingerprint density at radius 1 is 0.660 bits per heavy atom. The number of ether oxygens (including phenoxy) is 1. The number of thiophene rings is 2. The Morgan fingerprint density at radius 2 is 1.13 bits per heavy atom. The van der Waals surface area contributed by atoms with Gasteiger partial charge in [-0.05, 0) is 89.2 Å². The number of hydrogen-bond donors (Lipinski definition) is 0. The highest BCUT2D eigenvalue weighted by Gasteiger charge is 2.43. The molecule has 2 unspecified atom stereocenters. The first-order chi connectivity index (χ1) is 22.2. The Kier molecular flexibility index (Phi) is 13.4. The molecule has 0 saturated heterocycles. The molecule has 0 spiro atoms. The van der Waals surface area contributed by atoms with Gasteiger partial charge < -0.3 is 4.74 Å². The molecule has 0 fully saturated rings. The summed E-state index contributed by atoms with van der Waals surface area (Å²) in [5, 5.41) is 0. The van der Waals surface area contributed by atoms with E-state index in [0.29, 0.717) is 11.0 Å². The first kappa shape index (κ1) is 37.9. The average Bonchev–Trinajstić information content (AvgIpc) is 3.75. The average molecular weight is 703 g/mol. The molecule has 0 amide bonds. The molecule has 0 radical (unpaired) electrons. The zero-order valence-electron chi connectivity index (χ0n) is 30.3. The lowest BCUT2D eigenvalue weighted by atomic mass is 9.78. The Balaban J connectivity index is 0.000000318. The minimum Gasteiger partial charge on any atom is -0.481 e. The van der Waals surface area contributed by atoms with Crippen molar-refractivity contribution in [3.05, 3.63) is 50.2 Å². The fourth-order valence-electron chi connectivity index (χ4n) is 6.72. The number of fused-ring (bicyclic) bond motifs is 4. The van der Waals surface area contributed by atoms with Crippen molar-refractivity contribution >= 4 is 45.4 Å². The van der Waals surface area contributed by atoms with E-state index in [0.717, 1.165) is 54.0 Å². The maximum absolute atomic E-state index is 13.2. The van der Waals surface area contributed by atoms with Gasteiger partial charge in [0.2, 0.25) is 0 Å². The molecule has 0 saturated carbocycles. The monoisotopic (exact) mass is 702 g/mol. The minimum atomic E-state index is -0.822.